The third-order valence-electron chi connectivity index (χ3n) is 3.99. The first-order valence-corrected chi connectivity index (χ1v) is 7.25. The molecule has 1 fully saturated rings. The van der Waals surface area contributed by atoms with Crippen LogP contribution in [0.2, 0.25) is 5.02 Å². The number of nitro benzene ring substituents is 1. The zero-order chi connectivity index (χ0) is 15.6. The maximum absolute atomic E-state index is 11.0. The summed E-state index contributed by atoms with van der Waals surface area (Å²) in [5, 5.41) is 11.3. The van der Waals surface area contributed by atoms with Gasteiger partial charge in [0.15, 0.2) is 0 Å². The molecule has 116 valence electrons. The van der Waals surface area contributed by atoms with E-state index in [-0.39, 0.29) is 11.4 Å². The average molecular weight is 314 g/mol. The summed E-state index contributed by atoms with van der Waals surface area (Å²) in [7, 11) is 5.57. The highest BCUT2D eigenvalue weighted by Crippen LogP contribution is 2.42. The van der Waals surface area contributed by atoms with E-state index >= 15 is 0 Å². The topological polar surface area (TPSA) is 58.9 Å². The maximum Gasteiger partial charge on any atom is 0.312 e. The molecule has 21 heavy (non-hydrogen) atoms. The Morgan fingerprint density at radius 1 is 1.38 bits per heavy atom. The van der Waals surface area contributed by atoms with Gasteiger partial charge in [0.25, 0.3) is 0 Å². The Morgan fingerprint density at radius 2 is 2.00 bits per heavy atom. The molecule has 0 aliphatic carbocycles. The van der Waals surface area contributed by atoms with E-state index in [0.717, 1.165) is 31.6 Å². The second kappa shape index (κ2) is 6.49. The van der Waals surface area contributed by atoms with Crippen LogP contribution >= 0.6 is 11.6 Å². The van der Waals surface area contributed by atoms with Crippen molar-refractivity contribution in [2.45, 2.75) is 18.9 Å². The normalized spacial score (nSPS) is 16.3. The third kappa shape index (κ3) is 3.22. The van der Waals surface area contributed by atoms with Crippen LogP contribution < -0.4 is 9.64 Å². The largest absolute Gasteiger partial charge is 0.489 e. The number of benzene rings is 1. The second-order valence-electron chi connectivity index (χ2n) is 5.39. The van der Waals surface area contributed by atoms with Crippen molar-refractivity contribution < 1.29 is 9.66 Å². The number of anilines is 1. The highest BCUT2D eigenvalue weighted by molar-refractivity contribution is 6.35. The third-order valence-corrected chi connectivity index (χ3v) is 4.36. The molecule has 1 aromatic carbocycles. The van der Waals surface area contributed by atoms with Gasteiger partial charge in [-0.2, -0.15) is 0 Å². The van der Waals surface area contributed by atoms with Gasteiger partial charge in [0, 0.05) is 25.2 Å². The van der Waals surface area contributed by atoms with Crippen LogP contribution in [0.3, 0.4) is 0 Å². The SMILES string of the molecule is COc1c([N+](=O)[O-])ccc(N2CCC(N(C)C)CC2)c1Cl. The quantitative estimate of drug-likeness (QED) is 0.632. The van der Waals surface area contributed by atoms with Crippen molar-refractivity contribution in [3.63, 3.8) is 0 Å². The molecule has 0 N–H and O–H groups in total. The van der Waals surface area contributed by atoms with Crippen LogP contribution in [-0.2, 0) is 0 Å². The molecule has 1 aliphatic rings. The van der Waals surface area contributed by atoms with E-state index in [0.29, 0.717) is 11.1 Å². The van der Waals surface area contributed by atoms with Crippen molar-refractivity contribution >= 4 is 23.0 Å². The molecular weight excluding hydrogens is 294 g/mol. The first-order valence-electron chi connectivity index (χ1n) is 6.88. The minimum Gasteiger partial charge on any atom is -0.489 e. The van der Waals surface area contributed by atoms with Gasteiger partial charge in [0.1, 0.15) is 5.02 Å². The van der Waals surface area contributed by atoms with Gasteiger partial charge in [-0.05, 0) is 33.0 Å². The fraction of sp³-hybridized carbons (Fsp3) is 0.571. The summed E-state index contributed by atoms with van der Waals surface area (Å²) in [6, 6.07) is 3.73. The Balaban J connectivity index is 2.24. The van der Waals surface area contributed by atoms with Gasteiger partial charge >= 0.3 is 5.69 Å². The van der Waals surface area contributed by atoms with E-state index < -0.39 is 4.92 Å². The molecule has 0 saturated carbocycles. The molecule has 1 saturated heterocycles. The molecule has 7 heteroatoms. The van der Waals surface area contributed by atoms with Crippen molar-refractivity contribution in [2.24, 2.45) is 0 Å². The molecule has 0 radical (unpaired) electrons. The van der Waals surface area contributed by atoms with Gasteiger partial charge in [-0.3, -0.25) is 10.1 Å². The summed E-state index contributed by atoms with van der Waals surface area (Å²) in [4.78, 5) is 14.9. The summed E-state index contributed by atoms with van der Waals surface area (Å²) in [6.07, 6.45) is 2.09. The molecule has 0 spiro atoms. The lowest BCUT2D eigenvalue weighted by molar-refractivity contribution is -0.385. The maximum atomic E-state index is 11.0. The molecule has 1 aromatic rings. The molecule has 6 nitrogen and oxygen atoms in total. The van der Waals surface area contributed by atoms with Gasteiger partial charge in [-0.1, -0.05) is 11.6 Å². The van der Waals surface area contributed by atoms with Crippen LogP contribution in [-0.4, -0.2) is 50.2 Å². The van der Waals surface area contributed by atoms with Crippen LogP contribution in [0.15, 0.2) is 12.1 Å². The number of methoxy groups -OCH3 is 1. The van der Waals surface area contributed by atoms with Crippen LogP contribution in [0.5, 0.6) is 5.75 Å². The lowest BCUT2D eigenvalue weighted by Crippen LogP contribution is -2.42. The molecule has 0 aromatic heterocycles. The Kier molecular flexibility index (Phi) is 4.90. The fourth-order valence-corrected chi connectivity index (χ4v) is 3.10. The van der Waals surface area contributed by atoms with E-state index in [4.69, 9.17) is 16.3 Å². The smallest absolute Gasteiger partial charge is 0.312 e. The minimum atomic E-state index is -0.479. The molecular formula is C14H20ClN3O3. The van der Waals surface area contributed by atoms with Crippen molar-refractivity contribution in [1.82, 2.24) is 4.90 Å². The number of hydrogen-bond acceptors (Lipinski definition) is 5. The number of piperidine rings is 1. The predicted octanol–water partition coefficient (Wildman–Crippen LogP) is 2.79. The van der Waals surface area contributed by atoms with Crippen LogP contribution in [0.1, 0.15) is 12.8 Å². The molecule has 0 bridgehead atoms. The van der Waals surface area contributed by atoms with Gasteiger partial charge in [-0.25, -0.2) is 0 Å². The summed E-state index contributed by atoms with van der Waals surface area (Å²) in [5.74, 6) is 0.133. The lowest BCUT2D eigenvalue weighted by atomic mass is 10.0. The van der Waals surface area contributed by atoms with Gasteiger partial charge in [0.05, 0.1) is 17.7 Å². The molecule has 1 aliphatic heterocycles. The first kappa shape index (κ1) is 15.9. The lowest BCUT2D eigenvalue weighted by Gasteiger charge is -2.36. The molecule has 1 heterocycles. The summed E-state index contributed by atoms with van der Waals surface area (Å²) in [6.45, 7) is 1.76. The Bertz CT molecular complexity index is 528. The summed E-state index contributed by atoms with van der Waals surface area (Å²) < 4.78 is 5.12. The van der Waals surface area contributed by atoms with Crippen LogP contribution in [0.4, 0.5) is 11.4 Å². The van der Waals surface area contributed by atoms with Crippen molar-refractivity contribution in [3.05, 3.63) is 27.3 Å². The molecule has 0 atom stereocenters. The number of hydrogen-bond donors (Lipinski definition) is 0. The molecule has 0 unspecified atom stereocenters. The average Bonchev–Trinajstić information content (AvgIpc) is 2.46. The first-order chi connectivity index (χ1) is 9.95. The Hall–Kier alpha value is -1.53. The number of ether oxygens (including phenoxy) is 1. The predicted molar refractivity (Wildman–Crippen MR) is 83.6 cm³/mol. The summed E-state index contributed by atoms with van der Waals surface area (Å²) in [5.41, 5.74) is 0.700. The fourth-order valence-electron chi connectivity index (χ4n) is 2.74. The zero-order valence-corrected chi connectivity index (χ0v) is 13.3. The van der Waals surface area contributed by atoms with E-state index in [1.54, 1.807) is 6.07 Å². The number of rotatable bonds is 4. The van der Waals surface area contributed by atoms with Crippen LogP contribution in [0.25, 0.3) is 0 Å². The van der Waals surface area contributed by atoms with E-state index in [9.17, 15) is 10.1 Å². The number of nitro groups is 1. The highest BCUT2D eigenvalue weighted by Gasteiger charge is 2.26. The van der Waals surface area contributed by atoms with Gasteiger partial charge in [0.2, 0.25) is 5.75 Å². The minimum absolute atomic E-state index is 0.102. The van der Waals surface area contributed by atoms with Gasteiger partial charge < -0.3 is 14.5 Å². The highest BCUT2D eigenvalue weighted by atomic mass is 35.5. The summed E-state index contributed by atoms with van der Waals surface area (Å²) >= 11 is 6.31. The van der Waals surface area contributed by atoms with Crippen molar-refractivity contribution in [3.8, 4) is 5.75 Å². The second-order valence-corrected chi connectivity index (χ2v) is 5.77. The van der Waals surface area contributed by atoms with Crippen molar-refractivity contribution in [2.75, 3.05) is 39.2 Å². The number of halogens is 1. The van der Waals surface area contributed by atoms with E-state index in [2.05, 4.69) is 23.9 Å². The van der Waals surface area contributed by atoms with Crippen molar-refractivity contribution in [1.29, 1.82) is 0 Å². The Labute approximate surface area is 129 Å². The number of nitrogens with zero attached hydrogens (tertiary/aromatic N) is 3. The van der Waals surface area contributed by atoms with E-state index in [1.165, 1.54) is 13.2 Å². The van der Waals surface area contributed by atoms with Crippen LogP contribution in [0, 0.1) is 10.1 Å². The molecule has 0 amide bonds. The molecule has 2 rings (SSSR count). The standard InChI is InChI=1S/C14H20ClN3O3/c1-16(2)10-6-8-17(9-7-10)11-4-5-12(18(19)20)14(21-3)13(11)15/h4-5,10H,6-9H2,1-3H3. The zero-order valence-electron chi connectivity index (χ0n) is 12.5. The van der Waals surface area contributed by atoms with Gasteiger partial charge in [-0.15, -0.1) is 0 Å². The monoisotopic (exact) mass is 313 g/mol. The Morgan fingerprint density at radius 3 is 2.48 bits per heavy atom. The van der Waals surface area contributed by atoms with E-state index in [1.807, 2.05) is 0 Å².